The third-order valence-corrected chi connectivity index (χ3v) is 2.93. The van der Waals surface area contributed by atoms with Crippen molar-refractivity contribution in [1.29, 1.82) is 0 Å². The van der Waals surface area contributed by atoms with E-state index >= 15 is 0 Å². The van der Waals surface area contributed by atoms with Gasteiger partial charge in [0, 0.05) is 31.9 Å². The number of aliphatic hydroxyl groups excluding tert-OH is 1. The molecular weight excluding hydrogens is 256 g/mol. The van der Waals surface area contributed by atoms with Gasteiger partial charge < -0.3 is 20.1 Å². The number of amides is 2. The highest BCUT2D eigenvalue weighted by Crippen LogP contribution is 2.04. The standard InChI is InChI=1S/C14H20N4O2/c1-11(19)5-7-15-14(20)16-8-6-12-10-18-9-3-2-4-13(18)17-12/h2-4,9-11,19H,5-8H2,1H3,(H2,15,16,20). The molecule has 2 rings (SSSR count). The molecule has 6 nitrogen and oxygen atoms in total. The summed E-state index contributed by atoms with van der Waals surface area (Å²) in [6.07, 6.45) is 4.75. The third-order valence-electron chi connectivity index (χ3n) is 2.93. The number of nitrogens with one attached hydrogen (secondary N) is 2. The first kappa shape index (κ1) is 14.3. The molecule has 2 heterocycles. The Labute approximate surface area is 117 Å². The van der Waals surface area contributed by atoms with Crippen LogP contribution in [0.25, 0.3) is 5.65 Å². The average molecular weight is 276 g/mol. The topological polar surface area (TPSA) is 78.7 Å². The van der Waals surface area contributed by atoms with Crippen molar-refractivity contribution in [2.24, 2.45) is 0 Å². The van der Waals surface area contributed by atoms with Crippen LogP contribution < -0.4 is 10.6 Å². The Morgan fingerprint density at radius 2 is 2.20 bits per heavy atom. The molecule has 20 heavy (non-hydrogen) atoms. The number of imidazole rings is 1. The SMILES string of the molecule is CC(O)CCNC(=O)NCCc1cn2ccccc2n1. The number of hydrogen-bond donors (Lipinski definition) is 3. The summed E-state index contributed by atoms with van der Waals surface area (Å²) in [6, 6.07) is 5.63. The molecular formula is C14H20N4O2. The smallest absolute Gasteiger partial charge is 0.314 e. The third kappa shape index (κ3) is 4.24. The second-order valence-corrected chi connectivity index (χ2v) is 4.77. The lowest BCUT2D eigenvalue weighted by molar-refractivity contribution is 0.183. The number of hydrogen-bond acceptors (Lipinski definition) is 3. The maximum atomic E-state index is 11.5. The van der Waals surface area contributed by atoms with Crippen LogP contribution in [0.4, 0.5) is 4.79 Å². The van der Waals surface area contributed by atoms with Gasteiger partial charge in [-0.1, -0.05) is 6.07 Å². The molecule has 0 bridgehead atoms. The van der Waals surface area contributed by atoms with Crippen LogP contribution in [0.5, 0.6) is 0 Å². The molecule has 0 aliphatic rings. The molecule has 1 unspecified atom stereocenters. The predicted octanol–water partition coefficient (Wildman–Crippen LogP) is 0.947. The summed E-state index contributed by atoms with van der Waals surface area (Å²) in [5.41, 5.74) is 1.85. The van der Waals surface area contributed by atoms with Crippen molar-refractivity contribution in [3.8, 4) is 0 Å². The summed E-state index contributed by atoms with van der Waals surface area (Å²) in [5, 5.41) is 14.5. The van der Waals surface area contributed by atoms with E-state index in [1.54, 1.807) is 6.92 Å². The first-order valence-electron chi connectivity index (χ1n) is 6.77. The van der Waals surface area contributed by atoms with Gasteiger partial charge in [-0.2, -0.15) is 0 Å². The van der Waals surface area contributed by atoms with Crippen LogP contribution in [0.15, 0.2) is 30.6 Å². The number of rotatable bonds is 6. The number of pyridine rings is 1. The molecule has 2 aromatic heterocycles. The van der Waals surface area contributed by atoms with Crippen LogP contribution in [0.2, 0.25) is 0 Å². The van der Waals surface area contributed by atoms with Gasteiger partial charge in [0.15, 0.2) is 0 Å². The van der Waals surface area contributed by atoms with E-state index in [4.69, 9.17) is 5.11 Å². The van der Waals surface area contributed by atoms with Crippen LogP contribution in [0.3, 0.4) is 0 Å². The molecule has 108 valence electrons. The van der Waals surface area contributed by atoms with Crippen molar-refractivity contribution in [2.75, 3.05) is 13.1 Å². The van der Waals surface area contributed by atoms with E-state index in [1.165, 1.54) is 0 Å². The fourth-order valence-corrected chi connectivity index (χ4v) is 1.87. The molecule has 0 aromatic carbocycles. The summed E-state index contributed by atoms with van der Waals surface area (Å²) in [4.78, 5) is 15.9. The first-order chi connectivity index (χ1) is 9.65. The lowest BCUT2D eigenvalue weighted by atomic mass is 10.3. The number of urea groups is 1. The van der Waals surface area contributed by atoms with Crippen LogP contribution in [0, 0.1) is 0 Å². The minimum Gasteiger partial charge on any atom is -0.393 e. The maximum Gasteiger partial charge on any atom is 0.314 e. The Kier molecular flexibility index (Phi) is 4.95. The van der Waals surface area contributed by atoms with Crippen molar-refractivity contribution in [2.45, 2.75) is 25.9 Å². The van der Waals surface area contributed by atoms with Crippen LogP contribution in [0.1, 0.15) is 19.0 Å². The van der Waals surface area contributed by atoms with Gasteiger partial charge in [0.05, 0.1) is 11.8 Å². The van der Waals surface area contributed by atoms with E-state index in [0.29, 0.717) is 25.9 Å². The van der Waals surface area contributed by atoms with E-state index in [1.807, 2.05) is 35.0 Å². The van der Waals surface area contributed by atoms with Gasteiger partial charge in [0.2, 0.25) is 0 Å². The van der Waals surface area contributed by atoms with Crippen molar-refractivity contribution < 1.29 is 9.90 Å². The Bertz CT molecular complexity index is 532. The zero-order chi connectivity index (χ0) is 14.4. The molecule has 0 radical (unpaired) electrons. The second kappa shape index (κ2) is 6.91. The predicted molar refractivity (Wildman–Crippen MR) is 76.6 cm³/mol. The highest BCUT2D eigenvalue weighted by Gasteiger charge is 2.03. The summed E-state index contributed by atoms with van der Waals surface area (Å²) in [7, 11) is 0. The van der Waals surface area contributed by atoms with Crippen molar-refractivity contribution in [3.05, 3.63) is 36.3 Å². The summed E-state index contributed by atoms with van der Waals surface area (Å²) in [5.74, 6) is 0. The van der Waals surface area contributed by atoms with Gasteiger partial charge in [0.25, 0.3) is 0 Å². The molecule has 0 fully saturated rings. The quantitative estimate of drug-likeness (QED) is 0.735. The van der Waals surface area contributed by atoms with Crippen molar-refractivity contribution in [1.82, 2.24) is 20.0 Å². The fraction of sp³-hybridized carbons (Fsp3) is 0.429. The maximum absolute atomic E-state index is 11.5. The molecule has 0 spiro atoms. The second-order valence-electron chi connectivity index (χ2n) is 4.77. The van der Waals surface area contributed by atoms with Crippen LogP contribution >= 0.6 is 0 Å². The lowest BCUT2D eigenvalue weighted by Crippen LogP contribution is -2.37. The number of nitrogens with zero attached hydrogens (tertiary/aromatic N) is 2. The van der Waals surface area contributed by atoms with E-state index in [-0.39, 0.29) is 6.03 Å². The first-order valence-corrected chi connectivity index (χ1v) is 6.77. The molecule has 0 aliphatic carbocycles. The number of carbonyl (C=O) groups excluding carboxylic acids is 1. The van der Waals surface area contributed by atoms with Crippen LogP contribution in [-0.4, -0.2) is 39.7 Å². The highest BCUT2D eigenvalue weighted by atomic mass is 16.3. The van der Waals surface area contributed by atoms with Gasteiger partial charge in [-0.25, -0.2) is 9.78 Å². The molecule has 0 saturated carbocycles. The molecule has 0 aliphatic heterocycles. The largest absolute Gasteiger partial charge is 0.393 e. The van der Waals surface area contributed by atoms with Gasteiger partial charge in [-0.15, -0.1) is 0 Å². The highest BCUT2D eigenvalue weighted by molar-refractivity contribution is 5.73. The Balaban J connectivity index is 1.71. The summed E-state index contributed by atoms with van der Waals surface area (Å²) in [6.45, 7) is 2.70. The molecule has 2 aromatic rings. The number of aromatic nitrogens is 2. The van der Waals surface area contributed by atoms with E-state index in [0.717, 1.165) is 11.3 Å². The Morgan fingerprint density at radius 3 is 2.95 bits per heavy atom. The number of carbonyl (C=O) groups is 1. The van der Waals surface area contributed by atoms with E-state index in [9.17, 15) is 4.79 Å². The van der Waals surface area contributed by atoms with Gasteiger partial charge in [-0.3, -0.25) is 0 Å². The molecule has 0 saturated heterocycles. The number of aliphatic hydroxyl groups is 1. The van der Waals surface area contributed by atoms with Crippen molar-refractivity contribution >= 4 is 11.7 Å². The summed E-state index contributed by atoms with van der Waals surface area (Å²) >= 11 is 0. The van der Waals surface area contributed by atoms with E-state index < -0.39 is 6.10 Å². The minimum absolute atomic E-state index is 0.214. The fourth-order valence-electron chi connectivity index (χ4n) is 1.87. The molecule has 3 N–H and O–H groups in total. The van der Waals surface area contributed by atoms with Gasteiger partial charge in [-0.05, 0) is 25.5 Å². The average Bonchev–Trinajstić information content (AvgIpc) is 2.80. The Hall–Kier alpha value is -2.08. The van der Waals surface area contributed by atoms with E-state index in [2.05, 4.69) is 15.6 Å². The molecule has 1 atom stereocenters. The minimum atomic E-state index is -0.395. The Morgan fingerprint density at radius 1 is 1.40 bits per heavy atom. The lowest BCUT2D eigenvalue weighted by Gasteiger charge is -2.07. The van der Waals surface area contributed by atoms with Gasteiger partial charge >= 0.3 is 6.03 Å². The zero-order valence-electron chi connectivity index (χ0n) is 11.5. The molecule has 2 amide bonds. The zero-order valence-corrected chi connectivity index (χ0v) is 11.5. The van der Waals surface area contributed by atoms with Crippen molar-refractivity contribution in [3.63, 3.8) is 0 Å². The monoisotopic (exact) mass is 276 g/mol. The summed E-state index contributed by atoms with van der Waals surface area (Å²) < 4.78 is 1.96. The number of fused-ring (bicyclic) bond motifs is 1. The van der Waals surface area contributed by atoms with Crippen LogP contribution in [-0.2, 0) is 6.42 Å². The molecule has 6 heteroatoms. The van der Waals surface area contributed by atoms with Gasteiger partial charge in [0.1, 0.15) is 5.65 Å². The normalized spacial score (nSPS) is 12.3.